The molecule has 2 aromatic rings. The van der Waals surface area contributed by atoms with E-state index in [2.05, 4.69) is 17.2 Å². The van der Waals surface area contributed by atoms with Crippen LogP contribution in [-0.2, 0) is 4.79 Å². The van der Waals surface area contributed by atoms with Crippen molar-refractivity contribution >= 4 is 11.6 Å². The zero-order chi connectivity index (χ0) is 23.8. The number of aliphatic hydroxyl groups is 2. The Balaban J connectivity index is 1.93. The van der Waals surface area contributed by atoms with Crippen molar-refractivity contribution in [2.75, 3.05) is 13.2 Å². The van der Waals surface area contributed by atoms with Gasteiger partial charge in [0.2, 0.25) is 0 Å². The molecule has 0 aliphatic carbocycles. The molecule has 5 nitrogen and oxygen atoms in total. The number of halogens is 2. The third kappa shape index (κ3) is 6.07. The molecule has 0 spiro atoms. The van der Waals surface area contributed by atoms with Crippen molar-refractivity contribution in [1.82, 2.24) is 5.32 Å². The fourth-order valence-electron chi connectivity index (χ4n) is 3.07. The Bertz CT molecular complexity index is 978. The van der Waals surface area contributed by atoms with Crippen molar-refractivity contribution in [3.8, 4) is 11.8 Å². The number of carbonyl (C=O) groups is 2. The van der Waals surface area contributed by atoms with Crippen LogP contribution in [0.5, 0.6) is 0 Å². The van der Waals surface area contributed by atoms with Gasteiger partial charge in [-0.3, -0.25) is 9.59 Å². The highest BCUT2D eigenvalue weighted by atomic mass is 19.3. The van der Waals surface area contributed by atoms with Gasteiger partial charge in [-0.05, 0) is 51.1 Å². The molecule has 2 atom stereocenters. The molecule has 0 aromatic heterocycles. The predicted octanol–water partition coefficient (Wildman–Crippen LogP) is 2.98. The zero-order valence-corrected chi connectivity index (χ0v) is 18.1. The van der Waals surface area contributed by atoms with Crippen LogP contribution in [0.15, 0.2) is 54.6 Å². The first-order valence-corrected chi connectivity index (χ1v) is 10.2. The summed E-state index contributed by atoms with van der Waals surface area (Å²) in [6, 6.07) is 16.4. The third-order valence-corrected chi connectivity index (χ3v) is 5.53. The van der Waals surface area contributed by atoms with Gasteiger partial charge in [0, 0.05) is 23.1 Å². The average molecular weight is 443 g/mol. The van der Waals surface area contributed by atoms with Crippen LogP contribution in [0.1, 0.15) is 48.2 Å². The lowest BCUT2D eigenvalue weighted by Crippen LogP contribution is -2.68. The molecule has 0 aliphatic rings. The van der Waals surface area contributed by atoms with E-state index in [0.29, 0.717) is 5.56 Å². The Morgan fingerprint density at radius 3 is 2.09 bits per heavy atom. The van der Waals surface area contributed by atoms with E-state index in [1.807, 2.05) is 30.3 Å². The number of alkyl halides is 2. The Morgan fingerprint density at radius 2 is 1.56 bits per heavy atom. The number of hydrogen-bond acceptors (Lipinski definition) is 5. The SMILES string of the molecule is CC(NCCCC(=O)c1ccc(C#Cc2ccccc2)cc1)(C(=O)CO)C(C)(O)C(F)F. The Morgan fingerprint density at radius 1 is 1.00 bits per heavy atom. The Labute approximate surface area is 186 Å². The van der Waals surface area contributed by atoms with Gasteiger partial charge in [0.1, 0.15) is 17.7 Å². The molecule has 3 N–H and O–H groups in total. The average Bonchev–Trinajstić information content (AvgIpc) is 2.80. The molecular formula is C25H27F2NO4. The smallest absolute Gasteiger partial charge is 0.268 e. The highest BCUT2D eigenvalue weighted by molar-refractivity contribution is 5.96. The molecule has 7 heteroatoms. The van der Waals surface area contributed by atoms with Crippen molar-refractivity contribution in [2.24, 2.45) is 0 Å². The van der Waals surface area contributed by atoms with E-state index < -0.39 is 30.0 Å². The maximum atomic E-state index is 13.3. The van der Waals surface area contributed by atoms with Gasteiger partial charge in [0.15, 0.2) is 11.6 Å². The summed E-state index contributed by atoms with van der Waals surface area (Å²) in [6.45, 7) is 0.989. The van der Waals surface area contributed by atoms with E-state index in [1.165, 1.54) is 0 Å². The number of ketones is 2. The number of aliphatic hydroxyl groups excluding tert-OH is 1. The Kier molecular flexibility index (Phi) is 8.79. The van der Waals surface area contributed by atoms with Crippen LogP contribution in [-0.4, -0.2) is 52.5 Å². The minimum Gasteiger partial charge on any atom is -0.389 e. The van der Waals surface area contributed by atoms with E-state index in [9.17, 15) is 23.5 Å². The first kappa shape index (κ1) is 25.3. The quantitative estimate of drug-likeness (QED) is 0.299. The highest BCUT2D eigenvalue weighted by Crippen LogP contribution is 2.29. The van der Waals surface area contributed by atoms with E-state index in [4.69, 9.17) is 5.11 Å². The monoisotopic (exact) mass is 443 g/mol. The molecule has 32 heavy (non-hydrogen) atoms. The fourth-order valence-corrected chi connectivity index (χ4v) is 3.07. The zero-order valence-electron chi connectivity index (χ0n) is 18.1. The van der Waals surface area contributed by atoms with Gasteiger partial charge in [-0.2, -0.15) is 0 Å². The number of nitrogens with one attached hydrogen (secondary N) is 1. The topological polar surface area (TPSA) is 86.6 Å². The molecule has 2 aromatic carbocycles. The second-order valence-corrected chi connectivity index (χ2v) is 7.80. The first-order valence-electron chi connectivity index (χ1n) is 10.2. The second-order valence-electron chi connectivity index (χ2n) is 7.80. The summed E-state index contributed by atoms with van der Waals surface area (Å²) in [5.74, 6) is 4.96. The van der Waals surface area contributed by atoms with Crippen LogP contribution in [0.4, 0.5) is 8.78 Å². The molecule has 2 rings (SSSR count). The minimum atomic E-state index is -3.21. The van der Waals surface area contributed by atoms with Gasteiger partial charge >= 0.3 is 0 Å². The Hall–Kier alpha value is -2.92. The minimum absolute atomic E-state index is 0.0253. The molecule has 0 amide bonds. The molecule has 0 bridgehead atoms. The normalized spacial score (nSPS) is 14.7. The molecule has 2 unspecified atom stereocenters. The molecule has 0 aliphatic heterocycles. The van der Waals surface area contributed by atoms with Crippen LogP contribution in [0, 0.1) is 11.8 Å². The maximum Gasteiger partial charge on any atom is 0.268 e. The van der Waals surface area contributed by atoms with Crippen molar-refractivity contribution < 1.29 is 28.6 Å². The van der Waals surface area contributed by atoms with Crippen LogP contribution < -0.4 is 5.32 Å². The highest BCUT2D eigenvalue weighted by Gasteiger charge is 2.54. The van der Waals surface area contributed by atoms with Crippen molar-refractivity contribution in [2.45, 2.75) is 44.3 Å². The number of carbonyl (C=O) groups excluding carboxylic acids is 2. The maximum absolute atomic E-state index is 13.3. The van der Waals surface area contributed by atoms with Crippen LogP contribution >= 0.6 is 0 Å². The van der Waals surface area contributed by atoms with Gasteiger partial charge in [-0.25, -0.2) is 8.78 Å². The molecule has 0 heterocycles. The molecular weight excluding hydrogens is 416 g/mol. The summed E-state index contributed by atoms with van der Waals surface area (Å²) in [7, 11) is 0. The van der Waals surface area contributed by atoms with E-state index in [-0.39, 0.29) is 25.2 Å². The van der Waals surface area contributed by atoms with Crippen molar-refractivity contribution in [1.29, 1.82) is 0 Å². The summed E-state index contributed by atoms with van der Waals surface area (Å²) in [5.41, 5.74) is -2.60. The van der Waals surface area contributed by atoms with Crippen LogP contribution in [0.3, 0.4) is 0 Å². The van der Waals surface area contributed by atoms with E-state index >= 15 is 0 Å². The largest absolute Gasteiger partial charge is 0.389 e. The molecule has 0 radical (unpaired) electrons. The summed E-state index contributed by atoms with van der Waals surface area (Å²) >= 11 is 0. The molecule has 170 valence electrons. The van der Waals surface area contributed by atoms with Crippen LogP contribution in [0.2, 0.25) is 0 Å². The number of Topliss-reactive ketones (excluding diaryl/α,β-unsaturated/α-hetero) is 2. The first-order chi connectivity index (χ1) is 15.1. The number of benzene rings is 2. The van der Waals surface area contributed by atoms with E-state index in [1.54, 1.807) is 24.3 Å². The van der Waals surface area contributed by atoms with Gasteiger partial charge < -0.3 is 15.5 Å². The number of hydrogen-bond donors (Lipinski definition) is 3. The molecule has 0 saturated carbocycles. The summed E-state index contributed by atoms with van der Waals surface area (Å²) in [6.07, 6.45) is -2.84. The lowest BCUT2D eigenvalue weighted by Gasteiger charge is -2.41. The van der Waals surface area contributed by atoms with Crippen molar-refractivity contribution in [3.63, 3.8) is 0 Å². The summed E-state index contributed by atoms with van der Waals surface area (Å²) in [5, 5.41) is 21.9. The second kappa shape index (κ2) is 11.1. The van der Waals surface area contributed by atoms with Crippen LogP contribution in [0.25, 0.3) is 0 Å². The molecule has 0 saturated heterocycles. The van der Waals surface area contributed by atoms with Gasteiger partial charge in [0.05, 0.1) is 0 Å². The van der Waals surface area contributed by atoms with E-state index in [0.717, 1.165) is 25.0 Å². The molecule has 0 fully saturated rings. The fraction of sp³-hybridized carbons (Fsp3) is 0.360. The lowest BCUT2D eigenvalue weighted by atomic mass is 9.79. The van der Waals surface area contributed by atoms with Gasteiger partial charge in [-0.15, -0.1) is 0 Å². The van der Waals surface area contributed by atoms with Gasteiger partial charge in [0.25, 0.3) is 6.43 Å². The van der Waals surface area contributed by atoms with Gasteiger partial charge in [-0.1, -0.05) is 42.2 Å². The van der Waals surface area contributed by atoms with Crippen molar-refractivity contribution in [3.05, 3.63) is 71.3 Å². The predicted molar refractivity (Wildman–Crippen MR) is 118 cm³/mol. The lowest BCUT2D eigenvalue weighted by molar-refractivity contribution is -0.160. The standard InChI is InChI=1S/C25H27F2NO4/c1-24(22(31)17-29,25(2,32)23(26)27)28-16-6-9-21(30)20-14-12-19(13-15-20)11-10-18-7-4-3-5-8-18/h3-5,7-8,12-15,23,28-29,32H,6,9,16-17H2,1-2H3. The third-order valence-electron chi connectivity index (χ3n) is 5.53. The number of rotatable bonds is 10. The summed E-state index contributed by atoms with van der Waals surface area (Å²) in [4.78, 5) is 24.4. The summed E-state index contributed by atoms with van der Waals surface area (Å²) < 4.78 is 26.5.